The third-order valence-corrected chi connectivity index (χ3v) is 4.92. The lowest BCUT2D eigenvalue weighted by atomic mass is 9.87. The van der Waals surface area contributed by atoms with Gasteiger partial charge in [0, 0.05) is 19.5 Å². The summed E-state index contributed by atoms with van der Waals surface area (Å²) in [6.07, 6.45) is 8.05. The van der Waals surface area contributed by atoms with Gasteiger partial charge in [0.25, 0.3) is 0 Å². The molecular formula is C19H27N3O. The van der Waals surface area contributed by atoms with Crippen LogP contribution in [0.25, 0.3) is 11.0 Å². The number of rotatable bonds is 6. The molecule has 0 unspecified atom stereocenters. The molecule has 0 saturated heterocycles. The summed E-state index contributed by atoms with van der Waals surface area (Å²) in [4.78, 5) is 16.6. The maximum absolute atomic E-state index is 12.0. The first kappa shape index (κ1) is 16.0. The Kier molecular flexibility index (Phi) is 5.31. The number of aromatic nitrogens is 2. The van der Waals surface area contributed by atoms with Crippen molar-refractivity contribution >= 4 is 16.9 Å². The number of para-hydroxylation sites is 2. The second kappa shape index (κ2) is 7.62. The molecule has 1 aliphatic carbocycles. The van der Waals surface area contributed by atoms with Crippen LogP contribution < -0.4 is 5.32 Å². The molecule has 0 bridgehead atoms. The number of benzene rings is 1. The molecule has 3 rings (SSSR count). The van der Waals surface area contributed by atoms with Gasteiger partial charge in [-0.2, -0.15) is 0 Å². The van der Waals surface area contributed by atoms with Crippen LogP contribution in [0.1, 0.15) is 50.8 Å². The molecule has 0 radical (unpaired) electrons. The first-order valence-electron chi connectivity index (χ1n) is 8.92. The van der Waals surface area contributed by atoms with Crippen molar-refractivity contribution in [3.05, 3.63) is 30.1 Å². The molecule has 2 aromatic rings. The molecule has 0 aliphatic heterocycles. The van der Waals surface area contributed by atoms with Gasteiger partial charge in [-0.15, -0.1) is 0 Å². The molecule has 1 aliphatic rings. The van der Waals surface area contributed by atoms with Crippen molar-refractivity contribution in [3.8, 4) is 0 Å². The molecule has 1 heterocycles. The molecule has 4 heteroatoms. The Hall–Kier alpha value is -1.84. The fourth-order valence-corrected chi connectivity index (χ4v) is 3.67. The van der Waals surface area contributed by atoms with Crippen molar-refractivity contribution in [3.63, 3.8) is 0 Å². The third kappa shape index (κ3) is 4.12. The number of amides is 1. The smallest absolute Gasteiger partial charge is 0.220 e. The van der Waals surface area contributed by atoms with Crippen LogP contribution in [-0.4, -0.2) is 22.0 Å². The van der Waals surface area contributed by atoms with Crippen LogP contribution in [0, 0.1) is 12.8 Å². The third-order valence-electron chi connectivity index (χ3n) is 4.92. The fourth-order valence-electron chi connectivity index (χ4n) is 3.67. The number of fused-ring (bicyclic) bond motifs is 1. The van der Waals surface area contributed by atoms with Gasteiger partial charge in [0.05, 0.1) is 11.0 Å². The summed E-state index contributed by atoms with van der Waals surface area (Å²) in [7, 11) is 0. The first-order chi connectivity index (χ1) is 11.2. The van der Waals surface area contributed by atoms with Crippen LogP contribution >= 0.6 is 0 Å². The van der Waals surface area contributed by atoms with E-state index in [-0.39, 0.29) is 5.91 Å². The van der Waals surface area contributed by atoms with Crippen molar-refractivity contribution < 1.29 is 4.79 Å². The van der Waals surface area contributed by atoms with E-state index in [1.165, 1.54) is 37.6 Å². The lowest BCUT2D eigenvalue weighted by molar-refractivity contribution is -0.122. The van der Waals surface area contributed by atoms with Crippen molar-refractivity contribution in [2.45, 2.75) is 58.4 Å². The largest absolute Gasteiger partial charge is 0.356 e. The monoisotopic (exact) mass is 313 g/mol. The van der Waals surface area contributed by atoms with E-state index in [9.17, 15) is 4.79 Å². The van der Waals surface area contributed by atoms with Crippen LogP contribution in [0.4, 0.5) is 0 Å². The molecule has 1 fully saturated rings. The number of carbonyl (C=O) groups is 1. The van der Waals surface area contributed by atoms with Crippen LogP contribution in [-0.2, 0) is 11.3 Å². The molecule has 0 spiro atoms. The van der Waals surface area contributed by atoms with Crippen molar-refractivity contribution in [1.82, 2.24) is 14.9 Å². The van der Waals surface area contributed by atoms with Crippen molar-refractivity contribution in [1.29, 1.82) is 0 Å². The van der Waals surface area contributed by atoms with E-state index in [2.05, 4.69) is 20.9 Å². The van der Waals surface area contributed by atoms with Gasteiger partial charge < -0.3 is 9.88 Å². The molecule has 0 atom stereocenters. The van der Waals surface area contributed by atoms with Crippen molar-refractivity contribution in [2.24, 2.45) is 5.92 Å². The summed E-state index contributed by atoms with van der Waals surface area (Å²) in [5.41, 5.74) is 2.23. The highest BCUT2D eigenvalue weighted by Crippen LogP contribution is 2.26. The van der Waals surface area contributed by atoms with Crippen LogP contribution in [0.2, 0.25) is 0 Å². The SMILES string of the molecule is Cc1nc2ccccc2n1CCCNC(=O)CC1CCCCC1. The lowest BCUT2D eigenvalue weighted by Crippen LogP contribution is -2.27. The van der Waals surface area contributed by atoms with Gasteiger partial charge >= 0.3 is 0 Å². The number of hydrogen-bond acceptors (Lipinski definition) is 2. The molecule has 1 amide bonds. The van der Waals surface area contributed by atoms with Crippen LogP contribution in [0.15, 0.2) is 24.3 Å². The number of carbonyl (C=O) groups excluding carboxylic acids is 1. The standard InChI is InChI=1S/C19H27N3O/c1-15-21-17-10-5-6-11-18(17)22(15)13-7-12-20-19(23)14-16-8-3-2-4-9-16/h5-6,10-11,16H,2-4,7-9,12-14H2,1H3,(H,20,23). The Bertz CT molecular complexity index is 656. The molecule has 1 aromatic heterocycles. The number of nitrogens with zero attached hydrogens (tertiary/aromatic N) is 2. The molecule has 1 N–H and O–H groups in total. The first-order valence-corrected chi connectivity index (χ1v) is 8.92. The molecule has 1 saturated carbocycles. The van der Waals surface area contributed by atoms with E-state index >= 15 is 0 Å². The average molecular weight is 313 g/mol. The highest BCUT2D eigenvalue weighted by Gasteiger charge is 2.16. The summed E-state index contributed by atoms with van der Waals surface area (Å²) in [6, 6.07) is 8.22. The molecule has 4 nitrogen and oxygen atoms in total. The van der Waals surface area contributed by atoms with Gasteiger partial charge in [-0.3, -0.25) is 4.79 Å². The predicted octanol–water partition coefficient (Wildman–Crippen LogP) is 3.82. The second-order valence-electron chi connectivity index (χ2n) is 6.71. The minimum Gasteiger partial charge on any atom is -0.356 e. The topological polar surface area (TPSA) is 46.9 Å². The average Bonchev–Trinajstić information content (AvgIpc) is 2.88. The molecule has 1 aromatic carbocycles. The predicted molar refractivity (Wildman–Crippen MR) is 93.3 cm³/mol. The number of hydrogen-bond donors (Lipinski definition) is 1. The Morgan fingerprint density at radius 3 is 2.87 bits per heavy atom. The van der Waals surface area contributed by atoms with E-state index < -0.39 is 0 Å². The summed E-state index contributed by atoms with van der Waals surface area (Å²) < 4.78 is 2.24. The van der Waals surface area contributed by atoms with E-state index in [4.69, 9.17) is 0 Å². The Morgan fingerprint density at radius 2 is 2.04 bits per heavy atom. The highest BCUT2D eigenvalue weighted by molar-refractivity contribution is 5.76. The number of nitrogens with one attached hydrogen (secondary N) is 1. The van der Waals surface area contributed by atoms with E-state index in [0.29, 0.717) is 12.3 Å². The zero-order valence-electron chi connectivity index (χ0n) is 14.1. The van der Waals surface area contributed by atoms with E-state index in [0.717, 1.165) is 30.9 Å². The van der Waals surface area contributed by atoms with E-state index in [1.807, 2.05) is 25.1 Å². The highest BCUT2D eigenvalue weighted by atomic mass is 16.1. The van der Waals surface area contributed by atoms with Gasteiger partial charge in [0.15, 0.2) is 0 Å². The second-order valence-corrected chi connectivity index (χ2v) is 6.71. The van der Waals surface area contributed by atoms with Gasteiger partial charge in [-0.05, 0) is 44.2 Å². The quantitative estimate of drug-likeness (QED) is 0.824. The van der Waals surface area contributed by atoms with Crippen molar-refractivity contribution in [2.75, 3.05) is 6.54 Å². The summed E-state index contributed by atoms with van der Waals surface area (Å²) in [6.45, 7) is 3.69. The minimum absolute atomic E-state index is 0.226. The number of aryl methyl sites for hydroxylation is 2. The summed E-state index contributed by atoms with van der Waals surface area (Å²) in [5, 5.41) is 3.09. The Balaban J connectivity index is 1.44. The molecule has 124 valence electrons. The number of imidazole rings is 1. The Morgan fingerprint density at radius 1 is 1.26 bits per heavy atom. The Labute approximate surface area is 138 Å². The summed E-state index contributed by atoms with van der Waals surface area (Å²) >= 11 is 0. The van der Waals surface area contributed by atoms with Gasteiger partial charge in [-0.25, -0.2) is 4.98 Å². The van der Waals surface area contributed by atoms with Gasteiger partial charge in [-0.1, -0.05) is 31.4 Å². The van der Waals surface area contributed by atoms with Gasteiger partial charge in [0.2, 0.25) is 5.91 Å². The summed E-state index contributed by atoms with van der Waals surface area (Å²) in [5.74, 6) is 1.88. The van der Waals surface area contributed by atoms with Crippen LogP contribution in [0.3, 0.4) is 0 Å². The maximum atomic E-state index is 12.0. The lowest BCUT2D eigenvalue weighted by Gasteiger charge is -2.20. The maximum Gasteiger partial charge on any atom is 0.220 e. The van der Waals surface area contributed by atoms with Crippen LogP contribution in [0.5, 0.6) is 0 Å². The molecule has 23 heavy (non-hydrogen) atoms. The zero-order chi connectivity index (χ0) is 16.1. The zero-order valence-corrected chi connectivity index (χ0v) is 14.1. The normalized spacial score (nSPS) is 15.9. The van der Waals surface area contributed by atoms with Gasteiger partial charge in [0.1, 0.15) is 5.82 Å². The fraction of sp³-hybridized carbons (Fsp3) is 0.579. The minimum atomic E-state index is 0.226. The van der Waals surface area contributed by atoms with E-state index in [1.54, 1.807) is 0 Å². The molecular weight excluding hydrogens is 286 g/mol.